The number of rotatable bonds is 7. The average Bonchev–Trinajstić information content (AvgIpc) is 2.34. The lowest BCUT2D eigenvalue weighted by molar-refractivity contribution is -0.140. The molecule has 0 amide bonds. The van der Waals surface area contributed by atoms with E-state index in [2.05, 4.69) is 5.32 Å². The molecule has 1 aromatic carbocycles. The number of carboxylic acid groups (broad SMARTS) is 1. The van der Waals surface area contributed by atoms with E-state index < -0.39 is 12.0 Å². The van der Waals surface area contributed by atoms with E-state index >= 15 is 0 Å². The van der Waals surface area contributed by atoms with Crippen LogP contribution in [-0.2, 0) is 11.2 Å². The summed E-state index contributed by atoms with van der Waals surface area (Å²) in [5.41, 5.74) is 1.09. The molecular formula is C14H21NO3. The fraction of sp³-hybridized carbons (Fsp3) is 0.500. The van der Waals surface area contributed by atoms with Gasteiger partial charge in [-0.05, 0) is 18.1 Å². The molecule has 18 heavy (non-hydrogen) atoms. The van der Waals surface area contributed by atoms with Crippen molar-refractivity contribution >= 4 is 5.97 Å². The van der Waals surface area contributed by atoms with Gasteiger partial charge >= 0.3 is 5.97 Å². The van der Waals surface area contributed by atoms with E-state index in [0.29, 0.717) is 0 Å². The Labute approximate surface area is 108 Å². The third kappa shape index (κ3) is 4.37. The van der Waals surface area contributed by atoms with Gasteiger partial charge in [-0.1, -0.05) is 39.0 Å². The highest BCUT2D eigenvalue weighted by Crippen LogP contribution is 2.18. The Hall–Kier alpha value is -1.55. The van der Waals surface area contributed by atoms with E-state index in [1.54, 1.807) is 0 Å². The molecule has 0 aliphatic heterocycles. The van der Waals surface area contributed by atoms with Crippen LogP contribution in [0.2, 0.25) is 0 Å². The summed E-state index contributed by atoms with van der Waals surface area (Å²) < 4.78 is 5.61. The number of carboxylic acids is 1. The van der Waals surface area contributed by atoms with Crippen LogP contribution in [-0.4, -0.2) is 29.8 Å². The maximum absolute atomic E-state index is 11.1. The summed E-state index contributed by atoms with van der Waals surface area (Å²) >= 11 is 0. The maximum atomic E-state index is 11.1. The molecule has 4 nitrogen and oxygen atoms in total. The van der Waals surface area contributed by atoms with Gasteiger partial charge in [0.15, 0.2) is 0 Å². The smallest absolute Gasteiger partial charge is 0.324 e. The number of ether oxygens (including phenoxy) is 1. The third-order valence-corrected chi connectivity index (χ3v) is 2.59. The summed E-state index contributed by atoms with van der Waals surface area (Å²) in [5.74, 6) is -0.130. The van der Waals surface area contributed by atoms with Gasteiger partial charge in [0.05, 0.1) is 0 Å². The van der Waals surface area contributed by atoms with Gasteiger partial charge in [-0.2, -0.15) is 0 Å². The molecule has 1 aromatic rings. The molecule has 0 saturated heterocycles. The van der Waals surface area contributed by atoms with E-state index in [1.807, 2.05) is 45.0 Å². The van der Waals surface area contributed by atoms with Crippen LogP contribution in [0.1, 0.15) is 26.3 Å². The standard InChI is InChI=1S/C14H21NO3/c1-4-11-7-5-6-8-13(11)18-9-12(14(16)17)15-10(2)3/h5-8,10,12,15H,4,9H2,1-3H3,(H,16,17). The first kappa shape index (κ1) is 14.5. The molecule has 0 aliphatic carbocycles. The Bertz CT molecular complexity index is 390. The molecule has 0 radical (unpaired) electrons. The first-order valence-electron chi connectivity index (χ1n) is 6.24. The van der Waals surface area contributed by atoms with Gasteiger partial charge in [-0.3, -0.25) is 10.1 Å². The van der Waals surface area contributed by atoms with Gasteiger partial charge < -0.3 is 9.84 Å². The minimum atomic E-state index is -0.891. The van der Waals surface area contributed by atoms with Crippen molar-refractivity contribution in [3.63, 3.8) is 0 Å². The maximum Gasteiger partial charge on any atom is 0.324 e. The summed E-state index contributed by atoms with van der Waals surface area (Å²) in [6.07, 6.45) is 0.867. The van der Waals surface area contributed by atoms with Gasteiger partial charge in [0.1, 0.15) is 18.4 Å². The van der Waals surface area contributed by atoms with Gasteiger partial charge in [-0.15, -0.1) is 0 Å². The van der Waals surface area contributed by atoms with E-state index in [-0.39, 0.29) is 12.6 Å². The Morgan fingerprint density at radius 3 is 2.61 bits per heavy atom. The first-order valence-corrected chi connectivity index (χ1v) is 6.24. The van der Waals surface area contributed by atoms with Crippen LogP contribution in [0.25, 0.3) is 0 Å². The zero-order valence-electron chi connectivity index (χ0n) is 11.1. The third-order valence-electron chi connectivity index (χ3n) is 2.59. The molecule has 1 rings (SSSR count). The van der Waals surface area contributed by atoms with Crippen molar-refractivity contribution in [1.82, 2.24) is 5.32 Å². The molecule has 2 N–H and O–H groups in total. The molecule has 0 aromatic heterocycles. The number of benzene rings is 1. The SMILES string of the molecule is CCc1ccccc1OCC(NC(C)C)C(=O)O. The molecule has 0 fully saturated rings. The summed E-state index contributed by atoms with van der Waals surface area (Å²) in [4.78, 5) is 11.1. The van der Waals surface area contributed by atoms with Crippen LogP contribution >= 0.6 is 0 Å². The molecule has 0 spiro atoms. The second-order valence-corrected chi connectivity index (χ2v) is 4.48. The Morgan fingerprint density at radius 1 is 1.39 bits per heavy atom. The number of hydrogen-bond donors (Lipinski definition) is 2. The lowest BCUT2D eigenvalue weighted by Gasteiger charge is -2.18. The predicted octanol–water partition coefficient (Wildman–Crippen LogP) is 2.08. The lowest BCUT2D eigenvalue weighted by atomic mass is 10.1. The number of nitrogens with one attached hydrogen (secondary N) is 1. The van der Waals surface area contributed by atoms with Crippen LogP contribution in [0, 0.1) is 0 Å². The molecule has 0 saturated carbocycles. The number of para-hydroxylation sites is 1. The zero-order chi connectivity index (χ0) is 13.5. The highest BCUT2D eigenvalue weighted by Gasteiger charge is 2.19. The van der Waals surface area contributed by atoms with E-state index in [4.69, 9.17) is 9.84 Å². The number of aryl methyl sites for hydroxylation is 1. The van der Waals surface area contributed by atoms with E-state index in [0.717, 1.165) is 17.7 Å². The molecule has 1 unspecified atom stereocenters. The summed E-state index contributed by atoms with van der Waals surface area (Å²) in [6.45, 7) is 6.00. The monoisotopic (exact) mass is 251 g/mol. The number of aliphatic carboxylic acids is 1. The molecule has 1 atom stereocenters. The molecule has 100 valence electrons. The summed E-state index contributed by atoms with van der Waals surface area (Å²) in [5, 5.41) is 12.0. The van der Waals surface area contributed by atoms with Gasteiger partial charge in [0, 0.05) is 6.04 Å². The van der Waals surface area contributed by atoms with Gasteiger partial charge in [-0.25, -0.2) is 0 Å². The van der Waals surface area contributed by atoms with E-state index in [9.17, 15) is 4.79 Å². The average molecular weight is 251 g/mol. The van der Waals surface area contributed by atoms with Crippen LogP contribution in [0.4, 0.5) is 0 Å². The van der Waals surface area contributed by atoms with Crippen molar-refractivity contribution in [2.75, 3.05) is 6.61 Å². The quantitative estimate of drug-likeness (QED) is 0.779. The molecule has 0 bridgehead atoms. The zero-order valence-corrected chi connectivity index (χ0v) is 11.1. The number of carbonyl (C=O) groups is 1. The largest absolute Gasteiger partial charge is 0.491 e. The van der Waals surface area contributed by atoms with E-state index in [1.165, 1.54) is 0 Å². The molecule has 0 aliphatic rings. The highest BCUT2D eigenvalue weighted by molar-refractivity contribution is 5.73. The number of hydrogen-bond acceptors (Lipinski definition) is 3. The van der Waals surface area contributed by atoms with Crippen molar-refractivity contribution in [2.24, 2.45) is 0 Å². The van der Waals surface area contributed by atoms with Crippen molar-refractivity contribution in [1.29, 1.82) is 0 Å². The normalized spacial score (nSPS) is 12.4. The van der Waals surface area contributed by atoms with Gasteiger partial charge in [0.25, 0.3) is 0 Å². The second-order valence-electron chi connectivity index (χ2n) is 4.48. The fourth-order valence-electron chi connectivity index (χ4n) is 1.70. The molecular weight excluding hydrogens is 230 g/mol. The van der Waals surface area contributed by atoms with Crippen molar-refractivity contribution in [2.45, 2.75) is 39.3 Å². The molecule has 0 heterocycles. The van der Waals surface area contributed by atoms with Crippen LogP contribution in [0.5, 0.6) is 5.75 Å². The highest BCUT2D eigenvalue weighted by atomic mass is 16.5. The van der Waals surface area contributed by atoms with Crippen molar-refractivity contribution < 1.29 is 14.6 Å². The van der Waals surface area contributed by atoms with Crippen LogP contribution in [0.15, 0.2) is 24.3 Å². The van der Waals surface area contributed by atoms with Gasteiger partial charge in [0.2, 0.25) is 0 Å². The minimum absolute atomic E-state index is 0.108. The lowest BCUT2D eigenvalue weighted by Crippen LogP contribution is -2.44. The second kappa shape index (κ2) is 7.01. The Kier molecular flexibility index (Phi) is 5.65. The van der Waals surface area contributed by atoms with Crippen molar-refractivity contribution in [3.05, 3.63) is 29.8 Å². The Balaban J connectivity index is 2.64. The molecule has 4 heteroatoms. The van der Waals surface area contributed by atoms with Crippen LogP contribution < -0.4 is 10.1 Å². The topological polar surface area (TPSA) is 58.6 Å². The van der Waals surface area contributed by atoms with Crippen molar-refractivity contribution in [3.8, 4) is 5.75 Å². The fourth-order valence-corrected chi connectivity index (χ4v) is 1.70. The Morgan fingerprint density at radius 2 is 2.06 bits per heavy atom. The minimum Gasteiger partial charge on any atom is -0.491 e. The summed E-state index contributed by atoms with van der Waals surface area (Å²) in [7, 11) is 0. The summed E-state index contributed by atoms with van der Waals surface area (Å²) in [6, 6.07) is 7.12. The first-order chi connectivity index (χ1) is 8.54. The predicted molar refractivity (Wildman–Crippen MR) is 71.0 cm³/mol. The van der Waals surface area contributed by atoms with Crippen LogP contribution in [0.3, 0.4) is 0 Å².